The average Bonchev–Trinajstić information content (AvgIpc) is 3.98. The summed E-state index contributed by atoms with van der Waals surface area (Å²) < 4.78 is 5.03. The molecule has 292 valence electrons. The molecule has 4 heteroatoms. The lowest BCUT2D eigenvalue weighted by Gasteiger charge is -2.28. The lowest BCUT2D eigenvalue weighted by molar-refractivity contribution is 0.590. The van der Waals surface area contributed by atoms with E-state index in [1.807, 2.05) is 0 Å². The molecule has 0 saturated heterocycles. The van der Waals surface area contributed by atoms with Gasteiger partial charge in [0.2, 0.25) is 0 Å². The van der Waals surface area contributed by atoms with Crippen LogP contribution in [-0.2, 0) is 10.8 Å². The highest BCUT2D eigenvalue weighted by Crippen LogP contribution is 2.51. The SMILES string of the molecule is CC(C)(C)c1ccc2c(c1)c1cc(C(C)(C)C)cc3c4cc5c(nc4n2c13)c1cc2ccccc2c2c3cc4ccccc4c(N(c4ccccc4)c4ccccc4)c3n5c12. The highest BCUT2D eigenvalue weighted by Gasteiger charge is 2.30. The van der Waals surface area contributed by atoms with Gasteiger partial charge < -0.3 is 9.30 Å². The molecule has 4 nitrogen and oxygen atoms in total. The highest BCUT2D eigenvalue weighted by molar-refractivity contribution is 6.35. The van der Waals surface area contributed by atoms with Crippen LogP contribution in [0.15, 0.2) is 158 Å². The van der Waals surface area contributed by atoms with Gasteiger partial charge in [0.05, 0.1) is 38.8 Å². The van der Waals surface area contributed by atoms with E-state index in [1.54, 1.807) is 0 Å². The Morgan fingerprint density at radius 3 is 1.66 bits per heavy atom. The Kier molecular flexibility index (Phi) is 6.69. The predicted octanol–water partition coefficient (Wildman–Crippen LogP) is 15.8. The van der Waals surface area contributed by atoms with Gasteiger partial charge in [-0.1, -0.05) is 133 Å². The van der Waals surface area contributed by atoms with E-state index in [9.17, 15) is 0 Å². The molecule has 0 unspecified atom stereocenters. The van der Waals surface area contributed by atoms with E-state index < -0.39 is 0 Å². The molecule has 0 aliphatic heterocycles. The number of rotatable bonds is 3. The van der Waals surface area contributed by atoms with Crippen LogP contribution in [0.3, 0.4) is 0 Å². The third-order valence-electron chi connectivity index (χ3n) is 13.6. The minimum atomic E-state index is -0.0406. The third kappa shape index (κ3) is 4.62. The molecule has 0 aliphatic rings. The quantitative estimate of drug-likeness (QED) is 0.178. The van der Waals surface area contributed by atoms with Crippen molar-refractivity contribution >= 4 is 115 Å². The van der Waals surface area contributed by atoms with Gasteiger partial charge in [0.15, 0.2) is 0 Å². The molecule has 5 aromatic heterocycles. The number of nitrogens with zero attached hydrogens (tertiary/aromatic N) is 4. The third-order valence-corrected chi connectivity index (χ3v) is 13.6. The summed E-state index contributed by atoms with van der Waals surface area (Å²) in [6, 6.07) is 58.8. The second-order valence-electron chi connectivity index (χ2n) is 19.3. The summed E-state index contributed by atoms with van der Waals surface area (Å²) in [5, 5.41) is 13.6. The minimum Gasteiger partial charge on any atom is -0.308 e. The van der Waals surface area contributed by atoms with Gasteiger partial charge in [-0.25, -0.2) is 4.98 Å². The number of hydrogen-bond donors (Lipinski definition) is 0. The zero-order valence-corrected chi connectivity index (χ0v) is 35.3. The van der Waals surface area contributed by atoms with Crippen molar-refractivity contribution in [3.8, 4) is 0 Å². The number of para-hydroxylation sites is 2. The Morgan fingerprint density at radius 1 is 0.410 bits per heavy atom. The number of benzene rings is 8. The number of anilines is 3. The Hall–Kier alpha value is -7.17. The summed E-state index contributed by atoms with van der Waals surface area (Å²) in [7, 11) is 0. The maximum Gasteiger partial charge on any atom is 0.146 e. The maximum atomic E-state index is 5.87. The van der Waals surface area contributed by atoms with Crippen LogP contribution in [0, 0.1) is 0 Å². The molecule has 0 bridgehead atoms. The summed E-state index contributed by atoms with van der Waals surface area (Å²) in [4.78, 5) is 8.33. The summed E-state index contributed by atoms with van der Waals surface area (Å²) in [6.07, 6.45) is 0. The van der Waals surface area contributed by atoms with Crippen LogP contribution < -0.4 is 4.90 Å². The van der Waals surface area contributed by atoms with Crippen molar-refractivity contribution in [3.05, 3.63) is 169 Å². The van der Waals surface area contributed by atoms with Crippen molar-refractivity contribution in [2.24, 2.45) is 0 Å². The van der Waals surface area contributed by atoms with E-state index in [1.165, 1.54) is 92.4 Å². The molecule has 0 saturated carbocycles. The van der Waals surface area contributed by atoms with Crippen molar-refractivity contribution in [1.82, 2.24) is 13.8 Å². The molecule has 0 spiro atoms. The largest absolute Gasteiger partial charge is 0.308 e. The molecule has 61 heavy (non-hydrogen) atoms. The molecule has 0 fully saturated rings. The first-order chi connectivity index (χ1) is 29.5. The van der Waals surface area contributed by atoms with E-state index in [2.05, 4.69) is 213 Å². The topological polar surface area (TPSA) is 24.9 Å². The van der Waals surface area contributed by atoms with Crippen LogP contribution in [0.5, 0.6) is 0 Å². The van der Waals surface area contributed by atoms with Gasteiger partial charge in [-0.15, -0.1) is 0 Å². The molecular formula is C57H44N4. The molecule has 13 aromatic rings. The smallest absolute Gasteiger partial charge is 0.146 e. The Labute approximate surface area is 353 Å². The fraction of sp³-hybridized carbons (Fsp3) is 0.140. The number of hydrogen-bond acceptors (Lipinski definition) is 2. The van der Waals surface area contributed by atoms with Gasteiger partial charge in [0, 0.05) is 54.5 Å². The fourth-order valence-electron chi connectivity index (χ4n) is 10.6. The van der Waals surface area contributed by atoms with Gasteiger partial charge in [0.1, 0.15) is 5.65 Å². The summed E-state index contributed by atoms with van der Waals surface area (Å²) in [6.45, 7) is 13.9. The molecular weight excluding hydrogens is 741 g/mol. The van der Waals surface area contributed by atoms with E-state index in [4.69, 9.17) is 4.98 Å². The second kappa shape index (κ2) is 11.8. The summed E-state index contributed by atoms with van der Waals surface area (Å²) >= 11 is 0. The molecule has 5 heterocycles. The monoisotopic (exact) mass is 784 g/mol. The standard InChI is InChI=1S/C57H44N4/c1-56(2,3)35-25-26-47-41(29-35)42-30-36(57(4,5)6)31-43-44-32-48-50(58-55(44)61(47)51(42)43)46-28-33-17-13-15-23-39(33)49-45-27-34-18-14-16-24-40(34)53(54(45)60(48)52(46)49)59(37-19-9-7-10-20-37)38-21-11-8-12-22-38/h7-32H,1-6H3. The van der Waals surface area contributed by atoms with Gasteiger partial charge in [-0.2, -0.15) is 0 Å². The Morgan fingerprint density at radius 2 is 0.984 bits per heavy atom. The maximum absolute atomic E-state index is 5.87. The first kappa shape index (κ1) is 34.7. The lowest BCUT2D eigenvalue weighted by Crippen LogP contribution is -2.11. The fourth-order valence-corrected chi connectivity index (χ4v) is 10.6. The van der Waals surface area contributed by atoms with Crippen LogP contribution in [0.25, 0.3) is 98.0 Å². The summed E-state index contributed by atoms with van der Waals surface area (Å²) in [5.41, 5.74) is 14.1. The van der Waals surface area contributed by atoms with Crippen molar-refractivity contribution in [2.75, 3.05) is 4.90 Å². The first-order valence-corrected chi connectivity index (χ1v) is 21.6. The highest BCUT2D eigenvalue weighted by atomic mass is 15.2. The van der Waals surface area contributed by atoms with Crippen molar-refractivity contribution < 1.29 is 0 Å². The van der Waals surface area contributed by atoms with Crippen LogP contribution in [-0.4, -0.2) is 13.8 Å². The van der Waals surface area contributed by atoms with Crippen LogP contribution in [0.2, 0.25) is 0 Å². The van der Waals surface area contributed by atoms with Crippen molar-refractivity contribution in [1.29, 1.82) is 0 Å². The van der Waals surface area contributed by atoms with Gasteiger partial charge in [-0.3, -0.25) is 4.40 Å². The predicted molar refractivity (Wildman–Crippen MR) is 261 cm³/mol. The van der Waals surface area contributed by atoms with E-state index in [-0.39, 0.29) is 10.8 Å². The number of pyridine rings is 1. The molecule has 0 atom stereocenters. The lowest BCUT2D eigenvalue weighted by atomic mass is 9.84. The van der Waals surface area contributed by atoms with Crippen molar-refractivity contribution in [3.63, 3.8) is 0 Å². The zero-order valence-electron chi connectivity index (χ0n) is 35.3. The van der Waals surface area contributed by atoms with Crippen LogP contribution in [0.1, 0.15) is 52.7 Å². The van der Waals surface area contributed by atoms with Crippen LogP contribution >= 0.6 is 0 Å². The van der Waals surface area contributed by atoms with E-state index >= 15 is 0 Å². The van der Waals surface area contributed by atoms with Crippen LogP contribution in [0.4, 0.5) is 17.1 Å². The molecule has 0 radical (unpaired) electrons. The van der Waals surface area contributed by atoms with Gasteiger partial charge in [-0.05, 0) is 105 Å². The summed E-state index contributed by atoms with van der Waals surface area (Å²) in [5.74, 6) is 0. The van der Waals surface area contributed by atoms with E-state index in [0.29, 0.717) is 0 Å². The molecule has 13 rings (SSSR count). The number of fused-ring (bicyclic) bond motifs is 15. The molecule has 0 amide bonds. The zero-order chi connectivity index (χ0) is 41.1. The van der Waals surface area contributed by atoms with E-state index in [0.717, 1.165) is 33.7 Å². The molecule has 8 aromatic carbocycles. The second-order valence-corrected chi connectivity index (χ2v) is 19.3. The Balaban J connectivity index is 1.28. The minimum absolute atomic E-state index is 0.0344. The van der Waals surface area contributed by atoms with Gasteiger partial charge in [0.25, 0.3) is 0 Å². The molecule has 0 aliphatic carbocycles. The average molecular weight is 785 g/mol. The first-order valence-electron chi connectivity index (χ1n) is 21.6. The Bertz CT molecular complexity index is 3890. The number of aromatic nitrogens is 3. The van der Waals surface area contributed by atoms with Crippen molar-refractivity contribution in [2.45, 2.75) is 52.4 Å². The molecule has 0 N–H and O–H groups in total. The normalized spacial score (nSPS) is 13.1. The van der Waals surface area contributed by atoms with Gasteiger partial charge >= 0.3 is 0 Å².